The standard InChI is InChI=1S/C21H23N5O2/c27-19(14-25-9-11-28-12-10-25)16-3-1-15(2-4-16)18-13-23-21-20(24-17-5-6-17)22-7-8-26(18)21/h1-4,7-8,13,17H,5-6,9-12,14H2,(H,22,24). The number of ketones is 1. The monoisotopic (exact) mass is 377 g/mol. The van der Waals surface area contributed by atoms with Crippen molar-refractivity contribution in [3.05, 3.63) is 48.4 Å². The number of nitrogens with one attached hydrogen (secondary N) is 1. The normalized spacial score (nSPS) is 17.7. The van der Waals surface area contributed by atoms with Gasteiger partial charge in [0.25, 0.3) is 0 Å². The Morgan fingerprint density at radius 2 is 1.93 bits per heavy atom. The SMILES string of the molecule is O=C(CN1CCOCC1)c1ccc(-c2cnc3c(NC4CC4)nccn23)cc1. The topological polar surface area (TPSA) is 71.8 Å². The van der Waals surface area contributed by atoms with Gasteiger partial charge in [-0.1, -0.05) is 24.3 Å². The average molecular weight is 377 g/mol. The Morgan fingerprint density at radius 1 is 1.14 bits per heavy atom. The summed E-state index contributed by atoms with van der Waals surface area (Å²) in [7, 11) is 0. The van der Waals surface area contributed by atoms with Crippen LogP contribution in [0.1, 0.15) is 23.2 Å². The van der Waals surface area contributed by atoms with Gasteiger partial charge >= 0.3 is 0 Å². The van der Waals surface area contributed by atoms with Crippen molar-refractivity contribution >= 4 is 17.2 Å². The highest BCUT2D eigenvalue weighted by Gasteiger charge is 2.23. The average Bonchev–Trinajstić information content (AvgIpc) is 3.44. The summed E-state index contributed by atoms with van der Waals surface area (Å²) in [4.78, 5) is 23.7. The number of ether oxygens (including phenoxy) is 1. The van der Waals surface area contributed by atoms with Crippen molar-refractivity contribution in [1.29, 1.82) is 0 Å². The summed E-state index contributed by atoms with van der Waals surface area (Å²) in [6.07, 6.45) is 7.96. The molecule has 7 nitrogen and oxygen atoms in total. The second-order valence-electron chi connectivity index (χ2n) is 7.42. The van der Waals surface area contributed by atoms with Gasteiger partial charge in [-0.25, -0.2) is 9.97 Å². The van der Waals surface area contributed by atoms with Gasteiger partial charge < -0.3 is 10.1 Å². The van der Waals surface area contributed by atoms with Crippen LogP contribution in [-0.4, -0.2) is 63.9 Å². The number of Topliss-reactive ketones (excluding diaryl/α,β-unsaturated/α-hetero) is 1. The van der Waals surface area contributed by atoms with Crippen molar-refractivity contribution in [2.45, 2.75) is 18.9 Å². The number of morpholine rings is 1. The molecule has 0 amide bonds. The molecular formula is C21H23N5O2. The highest BCUT2D eigenvalue weighted by molar-refractivity contribution is 5.98. The van der Waals surface area contributed by atoms with E-state index < -0.39 is 0 Å². The van der Waals surface area contributed by atoms with Gasteiger partial charge in [-0.05, 0) is 12.8 Å². The minimum Gasteiger partial charge on any atom is -0.379 e. The number of fused-ring (bicyclic) bond motifs is 1. The third-order valence-corrected chi connectivity index (χ3v) is 5.32. The minimum absolute atomic E-state index is 0.145. The van der Waals surface area contributed by atoms with Gasteiger partial charge in [0.1, 0.15) is 0 Å². The number of carbonyl (C=O) groups excluding carboxylic acids is 1. The number of aromatic nitrogens is 3. The second-order valence-corrected chi connectivity index (χ2v) is 7.42. The van der Waals surface area contributed by atoms with E-state index in [0.29, 0.717) is 25.8 Å². The fraction of sp³-hybridized carbons (Fsp3) is 0.381. The van der Waals surface area contributed by atoms with E-state index in [1.165, 1.54) is 12.8 Å². The van der Waals surface area contributed by atoms with Gasteiger partial charge in [-0.15, -0.1) is 0 Å². The molecule has 5 rings (SSSR count). The van der Waals surface area contributed by atoms with Gasteiger partial charge in [0.15, 0.2) is 17.2 Å². The van der Waals surface area contributed by atoms with Crippen LogP contribution in [0.3, 0.4) is 0 Å². The zero-order valence-electron chi connectivity index (χ0n) is 15.7. The Labute approximate surface area is 163 Å². The summed E-state index contributed by atoms with van der Waals surface area (Å²) >= 11 is 0. The molecule has 7 heteroatoms. The molecular weight excluding hydrogens is 354 g/mol. The lowest BCUT2D eigenvalue weighted by molar-refractivity contribution is 0.0371. The van der Waals surface area contributed by atoms with E-state index in [9.17, 15) is 4.79 Å². The lowest BCUT2D eigenvalue weighted by Gasteiger charge is -2.25. The zero-order chi connectivity index (χ0) is 18.9. The number of anilines is 1. The van der Waals surface area contributed by atoms with Gasteiger partial charge in [0.05, 0.1) is 31.6 Å². The summed E-state index contributed by atoms with van der Waals surface area (Å²) in [6, 6.07) is 8.31. The van der Waals surface area contributed by atoms with Crippen LogP contribution in [-0.2, 0) is 4.74 Å². The fourth-order valence-corrected chi connectivity index (χ4v) is 3.54. The van der Waals surface area contributed by atoms with Crippen LogP contribution in [0.2, 0.25) is 0 Å². The van der Waals surface area contributed by atoms with E-state index in [4.69, 9.17) is 4.74 Å². The Kier molecular flexibility index (Phi) is 4.54. The highest BCUT2D eigenvalue weighted by atomic mass is 16.5. The summed E-state index contributed by atoms with van der Waals surface area (Å²) in [5.41, 5.74) is 3.58. The van der Waals surface area contributed by atoms with Crippen molar-refractivity contribution in [2.24, 2.45) is 0 Å². The van der Waals surface area contributed by atoms with Crippen LogP contribution in [0.4, 0.5) is 5.82 Å². The second kappa shape index (κ2) is 7.33. The maximum absolute atomic E-state index is 12.6. The molecule has 28 heavy (non-hydrogen) atoms. The molecule has 1 aromatic carbocycles. The molecule has 2 fully saturated rings. The highest BCUT2D eigenvalue weighted by Crippen LogP contribution is 2.28. The van der Waals surface area contributed by atoms with Crippen molar-refractivity contribution in [1.82, 2.24) is 19.3 Å². The molecule has 3 aromatic rings. The Bertz CT molecular complexity index is 988. The van der Waals surface area contributed by atoms with Crippen LogP contribution >= 0.6 is 0 Å². The molecule has 1 aliphatic carbocycles. The predicted octanol–water partition coefficient (Wildman–Crippen LogP) is 2.49. The molecule has 1 saturated heterocycles. The number of nitrogens with zero attached hydrogens (tertiary/aromatic N) is 4. The largest absolute Gasteiger partial charge is 0.379 e. The number of benzene rings is 1. The van der Waals surface area contributed by atoms with E-state index in [1.807, 2.05) is 41.1 Å². The molecule has 3 heterocycles. The number of carbonyl (C=O) groups is 1. The molecule has 0 unspecified atom stereocenters. The molecule has 2 aromatic heterocycles. The Morgan fingerprint density at radius 3 is 2.68 bits per heavy atom. The summed E-state index contributed by atoms with van der Waals surface area (Å²) < 4.78 is 7.39. The van der Waals surface area contributed by atoms with Crippen LogP contribution in [0.25, 0.3) is 16.9 Å². The van der Waals surface area contributed by atoms with Gasteiger partial charge in [0.2, 0.25) is 0 Å². The van der Waals surface area contributed by atoms with Crippen LogP contribution in [0.15, 0.2) is 42.9 Å². The molecule has 2 aliphatic rings. The molecule has 1 N–H and O–H groups in total. The summed E-state index contributed by atoms with van der Waals surface area (Å²) in [6.45, 7) is 3.48. The van der Waals surface area contributed by atoms with Crippen LogP contribution < -0.4 is 5.32 Å². The van der Waals surface area contributed by atoms with E-state index in [-0.39, 0.29) is 5.78 Å². The number of imidazole rings is 1. The maximum Gasteiger partial charge on any atom is 0.180 e. The van der Waals surface area contributed by atoms with Crippen LogP contribution in [0, 0.1) is 0 Å². The van der Waals surface area contributed by atoms with E-state index in [1.54, 1.807) is 6.20 Å². The first-order valence-corrected chi connectivity index (χ1v) is 9.80. The molecule has 1 saturated carbocycles. The third-order valence-electron chi connectivity index (χ3n) is 5.32. The van der Waals surface area contributed by atoms with E-state index >= 15 is 0 Å². The third kappa shape index (κ3) is 3.50. The minimum atomic E-state index is 0.145. The van der Waals surface area contributed by atoms with Crippen LogP contribution in [0.5, 0.6) is 0 Å². The van der Waals surface area contributed by atoms with Gasteiger partial charge in [-0.2, -0.15) is 0 Å². The molecule has 144 valence electrons. The molecule has 1 aliphatic heterocycles. The first kappa shape index (κ1) is 17.3. The van der Waals surface area contributed by atoms with Crippen molar-refractivity contribution in [3.63, 3.8) is 0 Å². The van der Waals surface area contributed by atoms with Crippen molar-refractivity contribution in [2.75, 3.05) is 38.2 Å². The molecule has 0 bridgehead atoms. The maximum atomic E-state index is 12.6. The Hall–Kier alpha value is -2.77. The first-order chi connectivity index (χ1) is 13.8. The quantitative estimate of drug-likeness (QED) is 0.666. The van der Waals surface area contributed by atoms with Gasteiger partial charge in [-0.3, -0.25) is 14.1 Å². The zero-order valence-corrected chi connectivity index (χ0v) is 15.7. The number of hydrogen-bond acceptors (Lipinski definition) is 6. The predicted molar refractivity (Wildman–Crippen MR) is 107 cm³/mol. The molecule has 0 spiro atoms. The lowest BCUT2D eigenvalue weighted by atomic mass is 10.1. The van der Waals surface area contributed by atoms with E-state index in [2.05, 4.69) is 20.2 Å². The van der Waals surface area contributed by atoms with Crippen molar-refractivity contribution < 1.29 is 9.53 Å². The summed E-state index contributed by atoms with van der Waals surface area (Å²) in [5.74, 6) is 0.972. The lowest BCUT2D eigenvalue weighted by Crippen LogP contribution is -2.39. The first-order valence-electron chi connectivity index (χ1n) is 9.80. The fourth-order valence-electron chi connectivity index (χ4n) is 3.54. The Balaban J connectivity index is 1.36. The van der Waals surface area contributed by atoms with Crippen molar-refractivity contribution in [3.8, 4) is 11.3 Å². The molecule has 0 atom stereocenters. The summed E-state index contributed by atoms with van der Waals surface area (Å²) in [5, 5.41) is 3.43. The van der Waals surface area contributed by atoms with E-state index in [0.717, 1.165) is 41.4 Å². The number of hydrogen-bond donors (Lipinski definition) is 1. The van der Waals surface area contributed by atoms with Gasteiger partial charge in [0, 0.05) is 42.7 Å². The smallest absolute Gasteiger partial charge is 0.180 e. The number of rotatable bonds is 6. The molecule has 0 radical (unpaired) electrons.